The van der Waals surface area contributed by atoms with Gasteiger partial charge >= 0.3 is 0 Å². The van der Waals surface area contributed by atoms with Crippen LogP contribution in [0.4, 0.5) is 11.6 Å². The summed E-state index contributed by atoms with van der Waals surface area (Å²) in [6, 6.07) is 5.85. The summed E-state index contributed by atoms with van der Waals surface area (Å²) in [5.41, 5.74) is 4.81. The zero-order valence-corrected chi connectivity index (χ0v) is 18.7. The monoisotopic (exact) mass is 431 g/mol. The first-order valence-corrected chi connectivity index (χ1v) is 11.5. The predicted octanol–water partition coefficient (Wildman–Crippen LogP) is 4.72. The van der Waals surface area contributed by atoms with Gasteiger partial charge in [0.05, 0.1) is 5.56 Å². The lowest BCUT2D eigenvalue weighted by molar-refractivity contribution is 0.0703. The Kier molecular flexibility index (Phi) is 5.64. The molecule has 3 aromatic heterocycles. The fraction of sp³-hybridized carbons (Fsp3) is 0.440. The van der Waals surface area contributed by atoms with Gasteiger partial charge in [-0.3, -0.25) is 9.78 Å². The molecule has 32 heavy (non-hydrogen) atoms. The summed E-state index contributed by atoms with van der Waals surface area (Å²) in [5.74, 6) is 2.66. The number of aromatic nitrogens is 3. The van der Waals surface area contributed by atoms with Crippen molar-refractivity contribution in [3.05, 3.63) is 64.6 Å². The van der Waals surface area contributed by atoms with Crippen molar-refractivity contribution in [1.82, 2.24) is 19.9 Å². The highest BCUT2D eigenvalue weighted by molar-refractivity contribution is 5.97. The summed E-state index contributed by atoms with van der Waals surface area (Å²) in [5, 5.41) is 3.27. The van der Waals surface area contributed by atoms with Gasteiger partial charge in [0.15, 0.2) is 0 Å². The summed E-state index contributed by atoms with van der Waals surface area (Å²) in [4.78, 5) is 28.8. The number of rotatable bonds is 4. The molecule has 0 spiro atoms. The Morgan fingerprint density at radius 1 is 1.12 bits per heavy atom. The van der Waals surface area contributed by atoms with Gasteiger partial charge in [-0.2, -0.15) is 0 Å². The van der Waals surface area contributed by atoms with Crippen LogP contribution in [-0.2, 0) is 12.8 Å². The van der Waals surface area contributed by atoms with Gasteiger partial charge in [0.1, 0.15) is 11.5 Å². The third-order valence-corrected chi connectivity index (χ3v) is 6.48. The molecule has 0 radical (unpaired) electrons. The van der Waals surface area contributed by atoms with Gasteiger partial charge in [-0.1, -0.05) is 0 Å². The maximum atomic E-state index is 13.5. The zero-order chi connectivity index (χ0) is 22.1. The second kappa shape index (κ2) is 8.73. The van der Waals surface area contributed by atoms with Gasteiger partial charge in [0.2, 0.25) is 5.95 Å². The number of carbonyl (C=O) groups excluding carboxylic acids is 1. The third kappa shape index (κ3) is 4.11. The van der Waals surface area contributed by atoms with Gasteiger partial charge < -0.3 is 14.6 Å². The lowest BCUT2D eigenvalue weighted by Crippen LogP contribution is -2.40. The quantitative estimate of drug-likeness (QED) is 0.643. The van der Waals surface area contributed by atoms with Crippen LogP contribution < -0.4 is 5.32 Å². The minimum Gasteiger partial charge on any atom is -0.465 e. The molecule has 0 aromatic carbocycles. The molecule has 0 saturated carbocycles. The number of likely N-dealkylation sites (tertiary alicyclic amines) is 1. The van der Waals surface area contributed by atoms with Gasteiger partial charge in [0.25, 0.3) is 5.91 Å². The Balaban J connectivity index is 1.36. The number of amides is 1. The molecule has 7 nitrogen and oxygen atoms in total. The maximum Gasteiger partial charge on any atom is 0.257 e. The highest BCUT2D eigenvalue weighted by atomic mass is 16.3. The van der Waals surface area contributed by atoms with E-state index in [2.05, 4.69) is 21.4 Å². The fourth-order valence-electron chi connectivity index (χ4n) is 5.01. The van der Waals surface area contributed by atoms with E-state index in [1.165, 1.54) is 0 Å². The molecule has 1 unspecified atom stereocenters. The Morgan fingerprint density at radius 2 is 1.94 bits per heavy atom. The summed E-state index contributed by atoms with van der Waals surface area (Å²) in [6.07, 6.45) is 9.57. The summed E-state index contributed by atoms with van der Waals surface area (Å²) < 4.78 is 5.97. The predicted molar refractivity (Wildman–Crippen MR) is 122 cm³/mol. The highest BCUT2D eigenvalue weighted by Crippen LogP contribution is 2.33. The Bertz CT molecular complexity index is 1120. The van der Waals surface area contributed by atoms with Crippen LogP contribution >= 0.6 is 0 Å². The van der Waals surface area contributed by atoms with Crippen LogP contribution in [0.25, 0.3) is 0 Å². The maximum absolute atomic E-state index is 13.5. The van der Waals surface area contributed by atoms with E-state index in [4.69, 9.17) is 9.40 Å². The van der Waals surface area contributed by atoms with E-state index in [1.54, 1.807) is 18.5 Å². The van der Waals surface area contributed by atoms with Crippen molar-refractivity contribution in [1.29, 1.82) is 0 Å². The minimum atomic E-state index is 0.114. The Hall–Kier alpha value is -3.22. The first-order valence-electron chi connectivity index (χ1n) is 11.5. The molecule has 7 heteroatoms. The number of piperidine rings is 1. The van der Waals surface area contributed by atoms with E-state index >= 15 is 0 Å². The Morgan fingerprint density at radius 3 is 2.78 bits per heavy atom. The standard InChI is InChI=1S/C25H29N5O2/c1-16-13-19(29-25-26-10-6-11-27-25)14-21(28-16)18-7-5-12-30(15-18)24(31)23-17(2)32-22-9-4-3-8-20(22)23/h6,10-11,13-14,18H,3-5,7-9,12,15H2,1-2H3,(H,26,27,28,29). The summed E-state index contributed by atoms with van der Waals surface area (Å²) in [6.45, 7) is 5.38. The lowest BCUT2D eigenvalue weighted by atomic mass is 9.91. The first kappa shape index (κ1) is 20.7. The molecule has 1 aliphatic heterocycles. The van der Waals surface area contributed by atoms with Crippen molar-refractivity contribution in [2.24, 2.45) is 0 Å². The SMILES string of the molecule is Cc1cc(Nc2ncccn2)cc(C2CCCN(C(=O)c3c(C)oc4c3CCCC4)C2)n1. The number of hydrogen-bond donors (Lipinski definition) is 1. The number of furan rings is 1. The largest absolute Gasteiger partial charge is 0.465 e. The van der Waals surface area contributed by atoms with Crippen molar-refractivity contribution >= 4 is 17.5 Å². The van der Waals surface area contributed by atoms with E-state index in [1.807, 2.05) is 24.8 Å². The molecule has 166 valence electrons. The molecule has 1 amide bonds. The minimum absolute atomic E-state index is 0.114. The van der Waals surface area contributed by atoms with Crippen molar-refractivity contribution in [2.45, 2.75) is 58.3 Å². The van der Waals surface area contributed by atoms with Crippen LogP contribution in [0.15, 0.2) is 35.0 Å². The summed E-state index contributed by atoms with van der Waals surface area (Å²) in [7, 11) is 0. The molecule has 1 saturated heterocycles. The molecule has 4 heterocycles. The number of fused-ring (bicyclic) bond motifs is 1. The molecule has 1 fully saturated rings. The zero-order valence-electron chi connectivity index (χ0n) is 18.7. The van der Waals surface area contributed by atoms with Gasteiger partial charge in [-0.25, -0.2) is 9.97 Å². The van der Waals surface area contributed by atoms with Crippen molar-refractivity contribution < 1.29 is 9.21 Å². The van der Waals surface area contributed by atoms with Gasteiger partial charge in [-0.15, -0.1) is 0 Å². The second-order valence-corrected chi connectivity index (χ2v) is 8.85. The number of nitrogens with one attached hydrogen (secondary N) is 1. The van der Waals surface area contributed by atoms with Gasteiger partial charge in [-0.05, 0) is 64.2 Å². The number of anilines is 2. The number of hydrogen-bond acceptors (Lipinski definition) is 6. The third-order valence-electron chi connectivity index (χ3n) is 6.48. The van der Waals surface area contributed by atoms with Crippen LogP contribution in [0.5, 0.6) is 0 Å². The normalized spacial score (nSPS) is 18.3. The molecular weight excluding hydrogens is 402 g/mol. The fourth-order valence-corrected chi connectivity index (χ4v) is 5.01. The van der Waals surface area contributed by atoms with Crippen molar-refractivity contribution in [3.8, 4) is 0 Å². The lowest BCUT2D eigenvalue weighted by Gasteiger charge is -2.33. The molecule has 1 atom stereocenters. The first-order chi connectivity index (χ1) is 15.6. The van der Waals surface area contributed by atoms with E-state index < -0.39 is 0 Å². The van der Waals surface area contributed by atoms with Crippen LogP contribution in [-0.4, -0.2) is 38.8 Å². The average Bonchev–Trinajstić information content (AvgIpc) is 3.14. The molecule has 0 bridgehead atoms. The van der Waals surface area contributed by atoms with Crippen LogP contribution in [0.3, 0.4) is 0 Å². The van der Waals surface area contributed by atoms with Crippen LogP contribution in [0.1, 0.15) is 70.4 Å². The second-order valence-electron chi connectivity index (χ2n) is 8.85. The summed E-state index contributed by atoms with van der Waals surface area (Å²) >= 11 is 0. The van der Waals surface area contributed by atoms with E-state index in [-0.39, 0.29) is 11.8 Å². The highest BCUT2D eigenvalue weighted by Gasteiger charge is 2.32. The molecular formula is C25H29N5O2. The average molecular weight is 432 g/mol. The molecule has 1 N–H and O–H groups in total. The van der Waals surface area contributed by atoms with E-state index in [0.717, 1.165) is 84.8 Å². The number of pyridine rings is 1. The molecule has 2 aliphatic rings. The molecule has 3 aromatic rings. The molecule has 5 rings (SSSR count). The van der Waals surface area contributed by atoms with E-state index in [9.17, 15) is 4.79 Å². The van der Waals surface area contributed by atoms with Crippen LogP contribution in [0.2, 0.25) is 0 Å². The van der Waals surface area contributed by atoms with E-state index in [0.29, 0.717) is 12.5 Å². The van der Waals surface area contributed by atoms with Crippen molar-refractivity contribution in [3.63, 3.8) is 0 Å². The molecule has 1 aliphatic carbocycles. The number of carbonyl (C=O) groups is 1. The smallest absolute Gasteiger partial charge is 0.257 e. The van der Waals surface area contributed by atoms with Gasteiger partial charge in [0, 0.05) is 60.5 Å². The van der Waals surface area contributed by atoms with Crippen molar-refractivity contribution in [2.75, 3.05) is 18.4 Å². The van der Waals surface area contributed by atoms with Crippen LogP contribution in [0, 0.1) is 13.8 Å². The number of aryl methyl sites for hydroxylation is 3. The number of nitrogens with zero attached hydrogens (tertiary/aromatic N) is 4. The Labute approximate surface area is 188 Å². The topological polar surface area (TPSA) is 84.2 Å².